The van der Waals surface area contributed by atoms with Crippen molar-refractivity contribution in [2.24, 2.45) is 7.05 Å². The van der Waals surface area contributed by atoms with E-state index in [4.69, 9.17) is 0 Å². The molecule has 18 heavy (non-hydrogen) atoms. The Morgan fingerprint density at radius 1 is 1.39 bits per heavy atom. The van der Waals surface area contributed by atoms with Gasteiger partial charge in [0.05, 0.1) is 17.8 Å². The van der Waals surface area contributed by atoms with Gasteiger partial charge in [-0.15, -0.1) is 0 Å². The van der Waals surface area contributed by atoms with Crippen LogP contribution in [0.2, 0.25) is 0 Å². The average Bonchev–Trinajstić information content (AvgIpc) is 2.81. The zero-order valence-corrected chi connectivity index (χ0v) is 10.3. The maximum atomic E-state index is 11.8. The van der Waals surface area contributed by atoms with Gasteiger partial charge in [-0.3, -0.25) is 9.48 Å². The first-order valence-corrected chi connectivity index (χ1v) is 5.59. The molecule has 2 N–H and O–H groups in total. The van der Waals surface area contributed by atoms with Crippen LogP contribution in [0.5, 0.6) is 0 Å². The summed E-state index contributed by atoms with van der Waals surface area (Å²) in [6.07, 6.45) is 3.25. The molecule has 0 saturated heterocycles. The predicted molar refractivity (Wildman–Crippen MR) is 68.2 cm³/mol. The third-order valence-electron chi connectivity index (χ3n) is 2.63. The Hall–Kier alpha value is -2.37. The molecular formula is C12H15N5O. The topological polar surface area (TPSA) is 71.8 Å². The summed E-state index contributed by atoms with van der Waals surface area (Å²) in [6.45, 7) is 0.448. The maximum absolute atomic E-state index is 11.8. The number of aryl methyl sites for hydroxylation is 1. The second-order valence-corrected chi connectivity index (χ2v) is 3.81. The number of hydrogen-bond donors (Lipinski definition) is 2. The number of hydrogen-bond acceptors (Lipinski definition) is 4. The van der Waals surface area contributed by atoms with Gasteiger partial charge in [0.25, 0.3) is 5.91 Å². The summed E-state index contributed by atoms with van der Waals surface area (Å²) in [4.78, 5) is 15.9. The lowest BCUT2D eigenvalue weighted by Gasteiger charge is -2.06. The molecule has 94 valence electrons. The molecule has 2 aromatic heterocycles. The fourth-order valence-electron chi connectivity index (χ4n) is 1.52. The molecule has 6 nitrogen and oxygen atoms in total. The fraction of sp³-hybridized carbons (Fsp3) is 0.250. The summed E-state index contributed by atoms with van der Waals surface area (Å²) < 4.78 is 1.72. The van der Waals surface area contributed by atoms with Crippen molar-refractivity contribution in [3.05, 3.63) is 41.9 Å². The van der Waals surface area contributed by atoms with Crippen molar-refractivity contribution in [2.45, 2.75) is 6.54 Å². The van der Waals surface area contributed by atoms with E-state index in [2.05, 4.69) is 20.7 Å². The molecule has 0 atom stereocenters. The van der Waals surface area contributed by atoms with E-state index in [0.717, 1.165) is 11.5 Å². The third-order valence-corrected chi connectivity index (χ3v) is 2.63. The van der Waals surface area contributed by atoms with Crippen molar-refractivity contribution < 1.29 is 4.79 Å². The molecule has 2 rings (SSSR count). The minimum absolute atomic E-state index is 0.147. The highest BCUT2D eigenvalue weighted by atomic mass is 16.1. The molecule has 2 aromatic rings. The number of carbonyl (C=O) groups excluding carboxylic acids is 1. The van der Waals surface area contributed by atoms with Crippen molar-refractivity contribution in [2.75, 3.05) is 12.4 Å². The summed E-state index contributed by atoms with van der Waals surface area (Å²) >= 11 is 0. The van der Waals surface area contributed by atoms with E-state index in [1.807, 2.05) is 13.1 Å². The molecule has 0 aliphatic carbocycles. The summed E-state index contributed by atoms with van der Waals surface area (Å²) in [5, 5.41) is 9.75. The molecule has 0 fully saturated rings. The van der Waals surface area contributed by atoms with E-state index >= 15 is 0 Å². The lowest BCUT2D eigenvalue weighted by molar-refractivity contribution is 0.0949. The van der Waals surface area contributed by atoms with Gasteiger partial charge < -0.3 is 10.6 Å². The Labute approximate surface area is 105 Å². The van der Waals surface area contributed by atoms with Crippen molar-refractivity contribution in [3.63, 3.8) is 0 Å². The van der Waals surface area contributed by atoms with Crippen LogP contribution in [0.3, 0.4) is 0 Å². The first kappa shape index (κ1) is 12.1. The van der Waals surface area contributed by atoms with Crippen LogP contribution in [0.25, 0.3) is 0 Å². The average molecular weight is 245 g/mol. The van der Waals surface area contributed by atoms with Crippen LogP contribution in [0.1, 0.15) is 16.1 Å². The van der Waals surface area contributed by atoms with Gasteiger partial charge in [0.2, 0.25) is 0 Å². The standard InChI is InChI=1S/C12H15N5O/c1-13-11-4-3-9(7-14-11)12(18)15-8-10-5-6-16-17(10)2/h3-7H,8H2,1-2H3,(H,13,14)(H,15,18). The van der Waals surface area contributed by atoms with E-state index in [-0.39, 0.29) is 5.91 Å². The second kappa shape index (κ2) is 5.31. The lowest BCUT2D eigenvalue weighted by Crippen LogP contribution is -2.24. The quantitative estimate of drug-likeness (QED) is 0.835. The zero-order chi connectivity index (χ0) is 13.0. The predicted octanol–water partition coefficient (Wildman–Crippen LogP) is 0.787. The number of nitrogens with one attached hydrogen (secondary N) is 2. The largest absolute Gasteiger partial charge is 0.373 e. The van der Waals surface area contributed by atoms with Crippen LogP contribution in [0.4, 0.5) is 5.82 Å². The van der Waals surface area contributed by atoms with Crippen molar-refractivity contribution in [3.8, 4) is 0 Å². The number of pyridine rings is 1. The minimum Gasteiger partial charge on any atom is -0.373 e. The second-order valence-electron chi connectivity index (χ2n) is 3.81. The molecule has 0 aromatic carbocycles. The molecule has 2 heterocycles. The van der Waals surface area contributed by atoms with Crippen molar-refractivity contribution in [1.82, 2.24) is 20.1 Å². The van der Waals surface area contributed by atoms with Crippen LogP contribution in [-0.4, -0.2) is 27.7 Å². The first-order valence-electron chi connectivity index (χ1n) is 5.59. The number of nitrogens with zero attached hydrogens (tertiary/aromatic N) is 3. The minimum atomic E-state index is -0.147. The molecule has 1 amide bonds. The fourth-order valence-corrected chi connectivity index (χ4v) is 1.52. The molecule has 0 radical (unpaired) electrons. The summed E-state index contributed by atoms with van der Waals surface area (Å²) in [7, 11) is 3.62. The molecular weight excluding hydrogens is 230 g/mol. The zero-order valence-electron chi connectivity index (χ0n) is 10.3. The summed E-state index contributed by atoms with van der Waals surface area (Å²) in [5.74, 6) is 0.588. The maximum Gasteiger partial charge on any atom is 0.253 e. The third kappa shape index (κ3) is 2.65. The van der Waals surface area contributed by atoms with E-state index in [0.29, 0.717) is 12.1 Å². The highest BCUT2D eigenvalue weighted by molar-refractivity contribution is 5.93. The Morgan fingerprint density at radius 2 is 2.22 bits per heavy atom. The highest BCUT2D eigenvalue weighted by Crippen LogP contribution is 2.04. The van der Waals surface area contributed by atoms with Crippen LogP contribution in [0, 0.1) is 0 Å². The summed E-state index contributed by atoms with van der Waals surface area (Å²) in [6, 6.07) is 5.36. The smallest absolute Gasteiger partial charge is 0.253 e. The Kier molecular flexibility index (Phi) is 3.57. The van der Waals surface area contributed by atoms with Crippen LogP contribution < -0.4 is 10.6 Å². The number of aromatic nitrogens is 3. The van der Waals surface area contributed by atoms with Gasteiger partial charge in [0, 0.05) is 26.5 Å². The Morgan fingerprint density at radius 3 is 2.78 bits per heavy atom. The molecule has 0 aliphatic heterocycles. The van der Waals surface area contributed by atoms with Crippen molar-refractivity contribution in [1.29, 1.82) is 0 Å². The van der Waals surface area contributed by atoms with Crippen molar-refractivity contribution >= 4 is 11.7 Å². The Bertz CT molecular complexity index is 532. The van der Waals surface area contributed by atoms with Crippen LogP contribution in [-0.2, 0) is 13.6 Å². The first-order chi connectivity index (χ1) is 8.70. The normalized spacial score (nSPS) is 10.1. The van der Waals surface area contributed by atoms with Gasteiger partial charge in [-0.2, -0.15) is 5.10 Å². The molecule has 0 bridgehead atoms. The summed E-state index contributed by atoms with van der Waals surface area (Å²) in [5.41, 5.74) is 1.49. The SMILES string of the molecule is CNc1ccc(C(=O)NCc2ccnn2C)cn1. The molecule has 0 unspecified atom stereocenters. The van der Waals surface area contributed by atoms with E-state index in [1.54, 1.807) is 36.3 Å². The van der Waals surface area contributed by atoms with E-state index < -0.39 is 0 Å². The van der Waals surface area contributed by atoms with E-state index in [1.165, 1.54) is 0 Å². The lowest BCUT2D eigenvalue weighted by atomic mass is 10.2. The number of carbonyl (C=O) groups is 1. The van der Waals surface area contributed by atoms with Gasteiger partial charge in [-0.05, 0) is 18.2 Å². The Balaban J connectivity index is 1.97. The van der Waals surface area contributed by atoms with Gasteiger partial charge in [-0.1, -0.05) is 0 Å². The van der Waals surface area contributed by atoms with Gasteiger partial charge in [-0.25, -0.2) is 4.98 Å². The van der Waals surface area contributed by atoms with E-state index in [9.17, 15) is 4.79 Å². The van der Waals surface area contributed by atoms with Crippen LogP contribution >= 0.6 is 0 Å². The number of rotatable bonds is 4. The molecule has 0 saturated carbocycles. The number of anilines is 1. The van der Waals surface area contributed by atoms with Gasteiger partial charge in [0.1, 0.15) is 5.82 Å². The van der Waals surface area contributed by atoms with Gasteiger partial charge >= 0.3 is 0 Å². The monoisotopic (exact) mass is 245 g/mol. The molecule has 0 spiro atoms. The molecule has 6 heteroatoms. The highest BCUT2D eigenvalue weighted by Gasteiger charge is 2.06. The molecule has 0 aliphatic rings. The van der Waals surface area contributed by atoms with Gasteiger partial charge in [0.15, 0.2) is 0 Å². The number of amides is 1. The van der Waals surface area contributed by atoms with Crippen LogP contribution in [0.15, 0.2) is 30.6 Å².